The second kappa shape index (κ2) is 4.11. The quantitative estimate of drug-likeness (QED) is 0.722. The zero-order valence-corrected chi connectivity index (χ0v) is 9.60. The maximum Gasteiger partial charge on any atom is 0.151 e. The minimum atomic E-state index is -1.17. The average molecular weight is 211 g/mol. The van der Waals surface area contributed by atoms with Crippen LogP contribution in [0.1, 0.15) is 23.6 Å². The minimum Gasteiger partial charge on any atom is -0.219 e. The van der Waals surface area contributed by atoms with Crippen LogP contribution in [0.4, 0.5) is 0 Å². The van der Waals surface area contributed by atoms with Crippen molar-refractivity contribution >= 4 is 0 Å². The first-order valence-electron chi connectivity index (χ1n) is 5.44. The van der Waals surface area contributed by atoms with E-state index >= 15 is 0 Å². The third-order valence-corrected chi connectivity index (χ3v) is 2.93. The van der Waals surface area contributed by atoms with Crippen molar-refractivity contribution in [1.82, 2.24) is 0 Å². The maximum atomic E-state index is 12.6. The van der Waals surface area contributed by atoms with E-state index in [4.69, 9.17) is 0 Å². The molecule has 0 amide bonds. The summed E-state index contributed by atoms with van der Waals surface area (Å²) < 4.78 is 0. The lowest BCUT2D eigenvalue weighted by molar-refractivity contribution is 0.0207. The third kappa shape index (κ3) is 2.00. The van der Waals surface area contributed by atoms with E-state index in [-0.39, 0.29) is 0 Å². The first-order chi connectivity index (χ1) is 7.60. The van der Waals surface area contributed by atoms with Crippen molar-refractivity contribution in [2.24, 2.45) is 0 Å². The summed E-state index contributed by atoms with van der Waals surface area (Å²) in [4.78, 5) is 0. The predicted octanol–water partition coefficient (Wildman–Crippen LogP) is 3.69. The highest BCUT2D eigenvalue weighted by molar-refractivity contribution is 5.35. The van der Waals surface area contributed by atoms with Crippen molar-refractivity contribution in [2.45, 2.75) is 19.4 Å². The fraction of sp³-hybridized carbons (Fsp3) is 0.200. The molecule has 2 rings (SSSR count). The van der Waals surface area contributed by atoms with E-state index in [2.05, 4.69) is 0 Å². The van der Waals surface area contributed by atoms with E-state index in [1.54, 1.807) is 6.92 Å². The molecule has 0 fully saturated rings. The third-order valence-electron chi connectivity index (χ3n) is 2.93. The Morgan fingerprint density at radius 1 is 0.812 bits per heavy atom. The lowest BCUT2D eigenvalue weighted by Gasteiger charge is -2.21. The van der Waals surface area contributed by atoms with Gasteiger partial charge in [-0.15, -0.1) is 0 Å². The second-order valence-corrected chi connectivity index (χ2v) is 4.27. The van der Waals surface area contributed by atoms with Crippen molar-refractivity contribution in [3.63, 3.8) is 0 Å². The van der Waals surface area contributed by atoms with Crippen LogP contribution in [0.2, 0.25) is 0 Å². The molecular formula is C15H15O. The van der Waals surface area contributed by atoms with Gasteiger partial charge in [0.1, 0.15) is 0 Å². The van der Waals surface area contributed by atoms with Crippen LogP contribution in [0.5, 0.6) is 0 Å². The number of aryl methyl sites for hydroxylation is 1. The Kier molecular flexibility index (Phi) is 2.80. The lowest BCUT2D eigenvalue weighted by atomic mass is 9.88. The highest BCUT2D eigenvalue weighted by Crippen LogP contribution is 2.29. The van der Waals surface area contributed by atoms with Crippen LogP contribution < -0.4 is 0 Å². The summed E-state index contributed by atoms with van der Waals surface area (Å²) in [6.07, 6.45) is 0. The van der Waals surface area contributed by atoms with E-state index in [9.17, 15) is 5.11 Å². The first kappa shape index (κ1) is 10.9. The zero-order valence-electron chi connectivity index (χ0n) is 9.60. The molecule has 2 aromatic carbocycles. The summed E-state index contributed by atoms with van der Waals surface area (Å²) in [7, 11) is 0. The first-order valence-corrected chi connectivity index (χ1v) is 5.44. The van der Waals surface area contributed by atoms with Gasteiger partial charge in [-0.25, -0.2) is 5.11 Å². The summed E-state index contributed by atoms with van der Waals surface area (Å²) in [5.74, 6) is 0. The largest absolute Gasteiger partial charge is 0.219 e. The SMILES string of the molecule is Cc1ccc(C(C)([O])c2ccccc2)cc1. The van der Waals surface area contributed by atoms with E-state index in [1.165, 1.54) is 5.56 Å². The molecule has 1 heteroatoms. The van der Waals surface area contributed by atoms with Gasteiger partial charge in [-0.1, -0.05) is 60.2 Å². The van der Waals surface area contributed by atoms with Gasteiger partial charge in [0.2, 0.25) is 0 Å². The predicted molar refractivity (Wildman–Crippen MR) is 64.8 cm³/mol. The molecule has 1 atom stereocenters. The molecule has 2 aromatic rings. The fourth-order valence-electron chi connectivity index (χ4n) is 1.79. The molecular weight excluding hydrogens is 196 g/mol. The number of benzene rings is 2. The van der Waals surface area contributed by atoms with Gasteiger partial charge in [-0.3, -0.25) is 0 Å². The summed E-state index contributed by atoms with van der Waals surface area (Å²) in [5.41, 5.74) is 1.62. The second-order valence-electron chi connectivity index (χ2n) is 4.27. The van der Waals surface area contributed by atoms with Crippen molar-refractivity contribution < 1.29 is 5.11 Å². The fourth-order valence-corrected chi connectivity index (χ4v) is 1.79. The van der Waals surface area contributed by atoms with E-state index < -0.39 is 5.60 Å². The van der Waals surface area contributed by atoms with Gasteiger partial charge in [-0.2, -0.15) is 0 Å². The topological polar surface area (TPSA) is 19.9 Å². The minimum absolute atomic E-state index is 0.804. The lowest BCUT2D eigenvalue weighted by Crippen LogP contribution is -2.20. The number of hydrogen-bond acceptors (Lipinski definition) is 0. The van der Waals surface area contributed by atoms with E-state index in [1.807, 2.05) is 61.5 Å². The van der Waals surface area contributed by atoms with Crippen LogP contribution in [0.15, 0.2) is 54.6 Å². The van der Waals surface area contributed by atoms with Gasteiger partial charge in [-0.05, 0) is 25.0 Å². The Labute approximate surface area is 96.4 Å². The van der Waals surface area contributed by atoms with Crippen LogP contribution in [-0.4, -0.2) is 0 Å². The molecule has 0 aromatic heterocycles. The average Bonchev–Trinajstić information content (AvgIpc) is 2.31. The van der Waals surface area contributed by atoms with Crippen LogP contribution in [-0.2, 0) is 10.7 Å². The smallest absolute Gasteiger partial charge is 0.151 e. The molecule has 0 bridgehead atoms. The maximum absolute atomic E-state index is 12.6. The Hall–Kier alpha value is -1.60. The molecule has 0 aliphatic carbocycles. The van der Waals surface area contributed by atoms with Gasteiger partial charge in [0.05, 0.1) is 0 Å². The Morgan fingerprint density at radius 3 is 1.88 bits per heavy atom. The van der Waals surface area contributed by atoms with Crippen molar-refractivity contribution in [2.75, 3.05) is 0 Å². The summed E-state index contributed by atoms with van der Waals surface area (Å²) in [5, 5.41) is 12.6. The summed E-state index contributed by atoms with van der Waals surface area (Å²) in [6, 6.07) is 17.3. The number of hydrogen-bond donors (Lipinski definition) is 0. The van der Waals surface area contributed by atoms with Crippen LogP contribution in [0.25, 0.3) is 0 Å². The highest BCUT2D eigenvalue weighted by atomic mass is 16.3. The van der Waals surface area contributed by atoms with Gasteiger partial charge >= 0.3 is 0 Å². The molecule has 0 spiro atoms. The van der Waals surface area contributed by atoms with Gasteiger partial charge < -0.3 is 0 Å². The Bertz CT molecular complexity index is 455. The van der Waals surface area contributed by atoms with E-state index in [0.29, 0.717) is 0 Å². The Morgan fingerprint density at radius 2 is 1.31 bits per heavy atom. The molecule has 0 aliphatic heterocycles. The van der Waals surface area contributed by atoms with Crippen molar-refractivity contribution in [1.29, 1.82) is 0 Å². The van der Waals surface area contributed by atoms with E-state index in [0.717, 1.165) is 11.1 Å². The molecule has 0 heterocycles. The van der Waals surface area contributed by atoms with Crippen LogP contribution in [0, 0.1) is 6.92 Å². The molecule has 0 N–H and O–H groups in total. The molecule has 1 nitrogen and oxygen atoms in total. The molecule has 81 valence electrons. The van der Waals surface area contributed by atoms with Gasteiger partial charge in [0.15, 0.2) is 5.60 Å². The standard InChI is InChI=1S/C15H15O/c1-12-8-10-14(11-9-12)15(2,16)13-6-4-3-5-7-13/h3-11H,1-2H3. The van der Waals surface area contributed by atoms with Crippen LogP contribution >= 0.6 is 0 Å². The molecule has 1 radical (unpaired) electrons. The van der Waals surface area contributed by atoms with Crippen molar-refractivity contribution in [3.05, 3.63) is 71.3 Å². The number of rotatable bonds is 2. The molecule has 1 unspecified atom stereocenters. The molecule has 0 saturated carbocycles. The zero-order chi connectivity index (χ0) is 11.6. The molecule has 0 aliphatic rings. The van der Waals surface area contributed by atoms with Gasteiger partial charge in [0, 0.05) is 0 Å². The summed E-state index contributed by atoms with van der Waals surface area (Å²) >= 11 is 0. The normalized spacial score (nSPS) is 14.4. The molecule has 16 heavy (non-hydrogen) atoms. The van der Waals surface area contributed by atoms with Crippen molar-refractivity contribution in [3.8, 4) is 0 Å². The summed E-state index contributed by atoms with van der Waals surface area (Å²) in [6.45, 7) is 3.74. The monoisotopic (exact) mass is 211 g/mol. The molecule has 0 saturated heterocycles. The van der Waals surface area contributed by atoms with Crippen LogP contribution in [0.3, 0.4) is 0 Å². The van der Waals surface area contributed by atoms with Gasteiger partial charge in [0.25, 0.3) is 0 Å². The highest BCUT2D eigenvalue weighted by Gasteiger charge is 2.27. The Balaban J connectivity index is 2.43.